The summed E-state index contributed by atoms with van der Waals surface area (Å²) >= 11 is 0. The van der Waals surface area contributed by atoms with Crippen molar-refractivity contribution in [3.8, 4) is 5.75 Å². The monoisotopic (exact) mass is 496 g/mol. The number of aryl methyl sites for hydroxylation is 2. The van der Waals surface area contributed by atoms with Crippen LogP contribution >= 0.6 is 0 Å². The van der Waals surface area contributed by atoms with E-state index in [0.29, 0.717) is 17.0 Å². The van der Waals surface area contributed by atoms with Gasteiger partial charge in [-0.05, 0) is 43.7 Å². The Bertz CT molecular complexity index is 1270. The predicted octanol–water partition coefficient (Wildman–Crippen LogP) is 3.90. The second-order valence-electron chi connectivity index (χ2n) is 7.93. The lowest BCUT2D eigenvalue weighted by Gasteiger charge is -2.19. The molecule has 0 unspecified atom stereocenters. The van der Waals surface area contributed by atoms with Crippen LogP contribution in [0, 0.1) is 13.8 Å². The third kappa shape index (κ3) is 7.14. The van der Waals surface area contributed by atoms with Crippen molar-refractivity contribution < 1.29 is 27.5 Å². The zero-order valence-corrected chi connectivity index (χ0v) is 20.6. The van der Waals surface area contributed by atoms with Crippen molar-refractivity contribution in [3.05, 3.63) is 89.5 Å². The number of esters is 1. The number of rotatable bonds is 10. The summed E-state index contributed by atoms with van der Waals surface area (Å²) in [5.41, 5.74) is 2.77. The van der Waals surface area contributed by atoms with Gasteiger partial charge in [-0.3, -0.25) is 9.59 Å². The van der Waals surface area contributed by atoms with Gasteiger partial charge in [0.2, 0.25) is 16.1 Å². The molecular formula is C26H28N2O6S. The molecule has 0 saturated carbocycles. The first-order valence-electron chi connectivity index (χ1n) is 11.0. The third-order valence-electron chi connectivity index (χ3n) is 5.16. The van der Waals surface area contributed by atoms with Gasteiger partial charge in [-0.2, -0.15) is 0 Å². The maximum atomic E-state index is 13.1. The van der Waals surface area contributed by atoms with Crippen LogP contribution in [0.4, 0.5) is 5.69 Å². The van der Waals surface area contributed by atoms with Crippen molar-refractivity contribution in [1.29, 1.82) is 0 Å². The van der Waals surface area contributed by atoms with E-state index in [2.05, 4.69) is 10.0 Å². The van der Waals surface area contributed by atoms with Gasteiger partial charge in [0.05, 0.1) is 24.1 Å². The van der Waals surface area contributed by atoms with Crippen LogP contribution in [0.25, 0.3) is 0 Å². The molecule has 1 amide bonds. The van der Waals surface area contributed by atoms with E-state index < -0.39 is 28.0 Å². The Hall–Kier alpha value is -3.69. The van der Waals surface area contributed by atoms with Crippen LogP contribution in [0.1, 0.15) is 29.2 Å². The quantitative estimate of drug-likeness (QED) is 0.412. The lowest BCUT2D eigenvalue weighted by Crippen LogP contribution is -2.29. The molecule has 0 heterocycles. The summed E-state index contributed by atoms with van der Waals surface area (Å²) in [4.78, 5) is 25.8. The molecule has 0 saturated heterocycles. The molecule has 0 aliphatic rings. The number of sulfonamides is 1. The highest BCUT2D eigenvalue weighted by atomic mass is 32.2. The van der Waals surface area contributed by atoms with E-state index in [1.54, 1.807) is 54.6 Å². The molecule has 184 valence electrons. The van der Waals surface area contributed by atoms with Crippen molar-refractivity contribution in [1.82, 2.24) is 4.72 Å². The summed E-state index contributed by atoms with van der Waals surface area (Å²) in [6.45, 7) is 3.56. The summed E-state index contributed by atoms with van der Waals surface area (Å²) in [5, 5.41) is 2.76. The second-order valence-corrected chi connectivity index (χ2v) is 9.70. The first-order chi connectivity index (χ1) is 16.7. The average Bonchev–Trinajstić information content (AvgIpc) is 2.83. The smallest absolute Gasteiger partial charge is 0.308 e. The maximum Gasteiger partial charge on any atom is 0.308 e. The minimum Gasteiger partial charge on any atom is -0.495 e. The number of nitrogens with one attached hydrogen (secondary N) is 2. The Morgan fingerprint density at radius 3 is 2.23 bits per heavy atom. The Labute approximate surface area is 205 Å². The van der Waals surface area contributed by atoms with Crippen LogP contribution in [0.5, 0.6) is 5.75 Å². The largest absolute Gasteiger partial charge is 0.495 e. The fourth-order valence-corrected chi connectivity index (χ4v) is 4.33. The summed E-state index contributed by atoms with van der Waals surface area (Å²) in [6, 6.07) is 20.3. The summed E-state index contributed by atoms with van der Waals surface area (Å²) < 4.78 is 38.0. The lowest BCUT2D eigenvalue weighted by molar-refractivity contribution is -0.154. The molecule has 8 nitrogen and oxygen atoms in total. The van der Waals surface area contributed by atoms with Crippen LogP contribution in [-0.2, 0) is 24.3 Å². The molecule has 35 heavy (non-hydrogen) atoms. The van der Waals surface area contributed by atoms with Crippen molar-refractivity contribution in [2.45, 2.75) is 31.3 Å². The summed E-state index contributed by atoms with van der Waals surface area (Å²) in [7, 11) is -2.28. The Morgan fingerprint density at radius 2 is 1.57 bits per heavy atom. The number of amides is 1. The molecule has 0 aromatic heterocycles. The van der Waals surface area contributed by atoms with Gasteiger partial charge in [-0.1, -0.05) is 54.1 Å². The Morgan fingerprint density at radius 1 is 0.914 bits per heavy atom. The van der Waals surface area contributed by atoms with Gasteiger partial charge in [0.25, 0.3) is 5.91 Å². The molecular weight excluding hydrogens is 468 g/mol. The molecule has 1 atom stereocenters. The maximum absolute atomic E-state index is 13.1. The first kappa shape index (κ1) is 25.9. The average molecular weight is 497 g/mol. The highest BCUT2D eigenvalue weighted by Gasteiger charge is 2.26. The van der Waals surface area contributed by atoms with Crippen molar-refractivity contribution in [3.63, 3.8) is 0 Å². The Balaban J connectivity index is 1.68. The highest BCUT2D eigenvalue weighted by Crippen LogP contribution is 2.28. The van der Waals surface area contributed by atoms with Crippen molar-refractivity contribution in [2.24, 2.45) is 0 Å². The van der Waals surface area contributed by atoms with Crippen LogP contribution in [-0.4, -0.2) is 33.9 Å². The predicted molar refractivity (Wildman–Crippen MR) is 133 cm³/mol. The molecule has 0 radical (unpaired) electrons. The van der Waals surface area contributed by atoms with Gasteiger partial charge in [0.1, 0.15) is 5.75 Å². The van der Waals surface area contributed by atoms with Gasteiger partial charge in [-0.15, -0.1) is 0 Å². The fraction of sp³-hybridized carbons (Fsp3) is 0.231. The van der Waals surface area contributed by atoms with Gasteiger partial charge in [0.15, 0.2) is 0 Å². The number of carbonyl (C=O) groups is 2. The zero-order chi connectivity index (χ0) is 25.4. The summed E-state index contributed by atoms with van der Waals surface area (Å²) in [6.07, 6.45) is -1.49. The molecule has 0 spiro atoms. The molecule has 9 heteroatoms. The van der Waals surface area contributed by atoms with Gasteiger partial charge in [0, 0.05) is 12.1 Å². The number of anilines is 1. The third-order valence-corrected chi connectivity index (χ3v) is 6.63. The van der Waals surface area contributed by atoms with Crippen LogP contribution in [0.15, 0.2) is 77.7 Å². The number of benzene rings is 3. The SMILES string of the molecule is COc1ccc(C)cc1NC(=O)[C@H](OC(=O)CCNS(=O)(=O)c1ccc(C)cc1)c1ccccc1. The molecule has 3 aromatic carbocycles. The Kier molecular flexibility index (Phi) is 8.62. The van der Waals surface area contributed by atoms with Crippen molar-refractivity contribution >= 4 is 27.6 Å². The van der Waals surface area contributed by atoms with Gasteiger partial charge >= 0.3 is 5.97 Å². The van der Waals surface area contributed by atoms with Gasteiger partial charge < -0.3 is 14.8 Å². The zero-order valence-electron chi connectivity index (χ0n) is 19.8. The number of hydrogen-bond donors (Lipinski definition) is 2. The standard InChI is InChI=1S/C26H28N2O6S/c1-18-9-12-21(13-10-18)35(31,32)27-16-15-24(29)34-25(20-7-5-4-6-8-20)26(30)28-22-17-19(2)11-14-23(22)33-3/h4-14,17,25,27H,15-16H2,1-3H3,(H,28,30)/t25-/m1/s1. The van der Waals surface area contributed by atoms with Crippen molar-refractivity contribution in [2.75, 3.05) is 19.0 Å². The van der Waals surface area contributed by atoms with Crippen LogP contribution in [0.3, 0.4) is 0 Å². The van der Waals surface area contributed by atoms with E-state index in [0.717, 1.165) is 11.1 Å². The first-order valence-corrected chi connectivity index (χ1v) is 12.4. The van der Waals surface area contributed by atoms with E-state index in [1.165, 1.54) is 19.2 Å². The lowest BCUT2D eigenvalue weighted by atomic mass is 10.1. The van der Waals surface area contributed by atoms with Gasteiger partial charge in [-0.25, -0.2) is 13.1 Å². The highest BCUT2D eigenvalue weighted by molar-refractivity contribution is 7.89. The van der Waals surface area contributed by atoms with E-state index in [1.807, 2.05) is 19.9 Å². The number of hydrogen-bond acceptors (Lipinski definition) is 6. The topological polar surface area (TPSA) is 111 Å². The van der Waals surface area contributed by atoms with E-state index in [-0.39, 0.29) is 17.9 Å². The van der Waals surface area contributed by atoms with E-state index >= 15 is 0 Å². The molecule has 0 aliphatic carbocycles. The molecule has 0 bridgehead atoms. The second kappa shape index (κ2) is 11.6. The van der Waals surface area contributed by atoms with E-state index in [9.17, 15) is 18.0 Å². The molecule has 3 aromatic rings. The molecule has 3 rings (SSSR count). The normalized spacial score (nSPS) is 12.0. The number of ether oxygens (including phenoxy) is 2. The minimum absolute atomic E-state index is 0.102. The molecule has 0 fully saturated rings. The molecule has 0 aliphatic heterocycles. The van der Waals surface area contributed by atoms with Crippen LogP contribution in [0.2, 0.25) is 0 Å². The van der Waals surface area contributed by atoms with Crippen LogP contribution < -0.4 is 14.8 Å². The number of carbonyl (C=O) groups excluding carboxylic acids is 2. The fourth-order valence-electron chi connectivity index (χ4n) is 3.30. The van der Waals surface area contributed by atoms with E-state index in [4.69, 9.17) is 9.47 Å². The minimum atomic E-state index is -3.77. The summed E-state index contributed by atoms with van der Waals surface area (Å²) in [5.74, 6) is -0.821. The molecule has 2 N–H and O–H groups in total. The number of methoxy groups -OCH3 is 1.